The number of benzene rings is 1. The second kappa shape index (κ2) is 4.54. The second-order valence-electron chi connectivity index (χ2n) is 2.67. The van der Waals surface area contributed by atoms with Crippen LogP contribution in [0.4, 0.5) is 0 Å². The maximum atomic E-state index is 4.66. The summed E-state index contributed by atoms with van der Waals surface area (Å²) >= 11 is 0. The van der Waals surface area contributed by atoms with Crippen LogP contribution in [0.5, 0.6) is 0 Å². The van der Waals surface area contributed by atoms with E-state index in [1.165, 1.54) is 5.56 Å². The molecule has 2 nitrogen and oxygen atoms in total. The molecule has 0 N–H and O–H groups in total. The molecule has 1 rings (SSSR count). The third-order valence-electron chi connectivity index (χ3n) is 1.55. The van der Waals surface area contributed by atoms with E-state index in [2.05, 4.69) is 22.1 Å². The molecule has 0 heterocycles. The summed E-state index contributed by atoms with van der Waals surface area (Å²) in [4.78, 5) is 4.66. The third-order valence-corrected chi connectivity index (χ3v) is 1.55. The lowest BCUT2D eigenvalue weighted by atomic mass is 10.1. The van der Waals surface area contributed by atoms with Gasteiger partial charge in [-0.25, -0.2) is 0 Å². The lowest BCUT2D eigenvalue weighted by Gasteiger charge is -1.98. The minimum Gasteiger partial charge on any atom is -0.399 e. The summed E-state index contributed by atoms with van der Waals surface area (Å²) in [7, 11) is 1.56. The summed E-state index contributed by atoms with van der Waals surface area (Å²) < 4.78 is 0. The predicted octanol–water partition coefficient (Wildman–Crippen LogP) is 2.25. The highest BCUT2D eigenvalue weighted by atomic mass is 16.6. The summed E-state index contributed by atoms with van der Waals surface area (Å²) in [5.41, 5.74) is 2.25. The van der Waals surface area contributed by atoms with Gasteiger partial charge < -0.3 is 4.84 Å². The Labute approximate surface area is 72.9 Å². The van der Waals surface area contributed by atoms with Gasteiger partial charge in [-0.05, 0) is 12.5 Å². The van der Waals surface area contributed by atoms with E-state index < -0.39 is 0 Å². The summed E-state index contributed by atoms with van der Waals surface area (Å²) in [5, 5.41) is 3.84. The quantitative estimate of drug-likeness (QED) is 0.494. The lowest BCUT2D eigenvalue weighted by Crippen LogP contribution is -1.97. The highest BCUT2D eigenvalue weighted by Gasteiger charge is 1.94. The van der Waals surface area contributed by atoms with Crippen molar-refractivity contribution in [3.63, 3.8) is 0 Å². The van der Waals surface area contributed by atoms with E-state index in [-0.39, 0.29) is 0 Å². The molecule has 64 valence electrons. The van der Waals surface area contributed by atoms with E-state index in [1.807, 2.05) is 25.1 Å². The van der Waals surface area contributed by atoms with Gasteiger partial charge in [0.2, 0.25) is 0 Å². The van der Waals surface area contributed by atoms with E-state index >= 15 is 0 Å². The molecule has 0 radical (unpaired) electrons. The van der Waals surface area contributed by atoms with Crippen molar-refractivity contribution < 1.29 is 4.84 Å². The monoisotopic (exact) mass is 163 g/mol. The zero-order valence-corrected chi connectivity index (χ0v) is 7.45. The number of oxime groups is 1. The van der Waals surface area contributed by atoms with Crippen molar-refractivity contribution in [3.8, 4) is 0 Å². The van der Waals surface area contributed by atoms with Gasteiger partial charge in [0, 0.05) is 6.42 Å². The minimum absolute atomic E-state index is 0.856. The lowest BCUT2D eigenvalue weighted by molar-refractivity contribution is 0.212. The standard InChI is InChI=1S/C10H13NO/c1-9(11-12-2)8-10-6-4-3-5-7-10/h3-7H,8H2,1-2H3/b11-9-. The molecule has 0 amide bonds. The van der Waals surface area contributed by atoms with E-state index in [4.69, 9.17) is 0 Å². The molecule has 0 bridgehead atoms. The van der Waals surface area contributed by atoms with Crippen molar-refractivity contribution >= 4 is 5.71 Å². The van der Waals surface area contributed by atoms with Gasteiger partial charge in [0.25, 0.3) is 0 Å². The van der Waals surface area contributed by atoms with Gasteiger partial charge in [-0.15, -0.1) is 0 Å². The number of rotatable bonds is 3. The Balaban J connectivity index is 2.58. The van der Waals surface area contributed by atoms with Crippen molar-refractivity contribution in [1.82, 2.24) is 0 Å². The molecule has 0 saturated carbocycles. The first-order valence-corrected chi connectivity index (χ1v) is 3.93. The molecular weight excluding hydrogens is 150 g/mol. The second-order valence-corrected chi connectivity index (χ2v) is 2.67. The largest absolute Gasteiger partial charge is 0.399 e. The topological polar surface area (TPSA) is 21.6 Å². The Bertz CT molecular complexity index is 254. The SMILES string of the molecule is CO/N=C(/C)Cc1ccccc1. The van der Waals surface area contributed by atoms with Gasteiger partial charge in [-0.1, -0.05) is 35.5 Å². The van der Waals surface area contributed by atoms with Crippen LogP contribution in [-0.4, -0.2) is 12.8 Å². The van der Waals surface area contributed by atoms with Gasteiger partial charge in [0.05, 0.1) is 5.71 Å². The molecule has 0 atom stereocenters. The molecular formula is C10H13NO. The maximum Gasteiger partial charge on any atom is 0.106 e. The summed E-state index contributed by atoms with van der Waals surface area (Å²) in [6, 6.07) is 10.2. The number of hydrogen-bond acceptors (Lipinski definition) is 2. The Morgan fingerprint density at radius 3 is 2.58 bits per heavy atom. The Kier molecular flexibility index (Phi) is 3.33. The van der Waals surface area contributed by atoms with Gasteiger partial charge >= 0.3 is 0 Å². The fourth-order valence-corrected chi connectivity index (χ4v) is 1.08. The number of nitrogens with zero attached hydrogens (tertiary/aromatic N) is 1. The normalized spacial score (nSPS) is 11.3. The summed E-state index contributed by atoms with van der Waals surface area (Å²) in [5.74, 6) is 0. The third kappa shape index (κ3) is 2.74. The van der Waals surface area contributed by atoms with Crippen molar-refractivity contribution in [2.75, 3.05) is 7.11 Å². The van der Waals surface area contributed by atoms with Crippen LogP contribution in [0.3, 0.4) is 0 Å². The average molecular weight is 163 g/mol. The molecule has 0 saturated heterocycles. The molecule has 0 aliphatic rings. The number of hydrogen-bond donors (Lipinski definition) is 0. The molecule has 0 aliphatic carbocycles. The van der Waals surface area contributed by atoms with Crippen LogP contribution in [0.2, 0.25) is 0 Å². The van der Waals surface area contributed by atoms with Crippen LogP contribution in [0, 0.1) is 0 Å². The van der Waals surface area contributed by atoms with Crippen LogP contribution in [-0.2, 0) is 11.3 Å². The Morgan fingerprint density at radius 1 is 1.33 bits per heavy atom. The molecule has 0 fully saturated rings. The van der Waals surface area contributed by atoms with Crippen LogP contribution in [0.15, 0.2) is 35.5 Å². The molecule has 0 unspecified atom stereocenters. The molecule has 12 heavy (non-hydrogen) atoms. The predicted molar refractivity (Wildman–Crippen MR) is 50.3 cm³/mol. The van der Waals surface area contributed by atoms with E-state index in [9.17, 15) is 0 Å². The van der Waals surface area contributed by atoms with E-state index in [1.54, 1.807) is 7.11 Å². The van der Waals surface area contributed by atoms with Crippen molar-refractivity contribution in [3.05, 3.63) is 35.9 Å². The summed E-state index contributed by atoms with van der Waals surface area (Å²) in [6.45, 7) is 1.95. The summed E-state index contributed by atoms with van der Waals surface area (Å²) in [6.07, 6.45) is 0.856. The van der Waals surface area contributed by atoms with Gasteiger partial charge in [0.15, 0.2) is 0 Å². The first-order chi connectivity index (χ1) is 5.83. The molecule has 2 heteroatoms. The molecule has 1 aromatic rings. The van der Waals surface area contributed by atoms with Crippen molar-refractivity contribution in [1.29, 1.82) is 0 Å². The van der Waals surface area contributed by atoms with Gasteiger partial charge in [-0.2, -0.15) is 0 Å². The van der Waals surface area contributed by atoms with Crippen molar-refractivity contribution in [2.24, 2.45) is 5.16 Å². The smallest absolute Gasteiger partial charge is 0.106 e. The zero-order chi connectivity index (χ0) is 8.81. The first-order valence-electron chi connectivity index (χ1n) is 3.93. The van der Waals surface area contributed by atoms with Gasteiger partial charge in [0.1, 0.15) is 7.11 Å². The van der Waals surface area contributed by atoms with Crippen LogP contribution in [0.1, 0.15) is 12.5 Å². The van der Waals surface area contributed by atoms with Crippen LogP contribution >= 0.6 is 0 Å². The maximum absolute atomic E-state index is 4.66. The fraction of sp³-hybridized carbons (Fsp3) is 0.300. The van der Waals surface area contributed by atoms with Crippen LogP contribution in [0.25, 0.3) is 0 Å². The average Bonchev–Trinajstić information content (AvgIpc) is 2.06. The molecule has 0 aromatic heterocycles. The Hall–Kier alpha value is -1.31. The zero-order valence-electron chi connectivity index (χ0n) is 7.45. The highest BCUT2D eigenvalue weighted by Crippen LogP contribution is 2.00. The molecule has 0 spiro atoms. The highest BCUT2D eigenvalue weighted by molar-refractivity contribution is 5.83. The molecule has 0 aliphatic heterocycles. The van der Waals surface area contributed by atoms with E-state index in [0.29, 0.717) is 0 Å². The fourth-order valence-electron chi connectivity index (χ4n) is 1.08. The minimum atomic E-state index is 0.856. The first kappa shape index (κ1) is 8.78. The van der Waals surface area contributed by atoms with Gasteiger partial charge in [-0.3, -0.25) is 0 Å². The Morgan fingerprint density at radius 2 is 2.00 bits per heavy atom. The van der Waals surface area contributed by atoms with E-state index in [0.717, 1.165) is 12.1 Å². The van der Waals surface area contributed by atoms with Crippen LogP contribution < -0.4 is 0 Å². The van der Waals surface area contributed by atoms with Crippen molar-refractivity contribution in [2.45, 2.75) is 13.3 Å². The molecule has 1 aromatic carbocycles.